The minimum absolute atomic E-state index is 0. The summed E-state index contributed by atoms with van der Waals surface area (Å²) in [6, 6.07) is 19.2. The van der Waals surface area contributed by atoms with Crippen molar-refractivity contribution in [2.45, 2.75) is 60.3 Å². The lowest BCUT2D eigenvalue weighted by Gasteiger charge is -2.52. The van der Waals surface area contributed by atoms with Crippen molar-refractivity contribution in [2.24, 2.45) is 5.92 Å². The summed E-state index contributed by atoms with van der Waals surface area (Å²) >= 11 is 1.97. The molecule has 0 spiro atoms. The van der Waals surface area contributed by atoms with Crippen LogP contribution in [0.2, 0.25) is 0 Å². The van der Waals surface area contributed by atoms with Crippen LogP contribution in [0.25, 0.3) is 0 Å². The molecule has 2 fully saturated rings. The van der Waals surface area contributed by atoms with Gasteiger partial charge in [0.25, 0.3) is 0 Å². The van der Waals surface area contributed by atoms with Crippen LogP contribution >= 0.6 is 11.8 Å². The van der Waals surface area contributed by atoms with E-state index in [1.807, 2.05) is 11.8 Å². The Balaban J connectivity index is 0.00000180. The third-order valence-corrected chi connectivity index (χ3v) is 8.54. The highest BCUT2D eigenvalue weighted by Gasteiger charge is 2.44. The number of hydrogen-bond acceptors (Lipinski definition) is 1. The first-order chi connectivity index (χ1) is 12.7. The molecule has 5 rings (SSSR count). The molecule has 3 aliphatic heterocycles. The molecule has 0 aliphatic carbocycles. The van der Waals surface area contributed by atoms with Crippen LogP contribution in [0, 0.1) is 5.92 Å². The van der Waals surface area contributed by atoms with E-state index in [1.54, 1.807) is 11.1 Å². The van der Waals surface area contributed by atoms with Crippen LogP contribution in [0.3, 0.4) is 0 Å². The molecule has 144 valence electrons. The number of rotatable bonds is 2. The smallest absolute Gasteiger partial charge is 0.0917 e. The monoisotopic (exact) mass is 491 g/mol. The second-order valence-electron chi connectivity index (χ2n) is 8.86. The van der Waals surface area contributed by atoms with Crippen molar-refractivity contribution in [1.82, 2.24) is 0 Å². The zero-order valence-corrected chi connectivity index (χ0v) is 19.2. The predicted molar refractivity (Wildman–Crippen MR) is 110 cm³/mol. The quantitative estimate of drug-likeness (QED) is 0.460. The van der Waals surface area contributed by atoms with E-state index in [2.05, 4.69) is 55.6 Å². The van der Waals surface area contributed by atoms with Crippen LogP contribution in [-0.2, 0) is 0 Å². The van der Waals surface area contributed by atoms with Gasteiger partial charge in [-0.15, -0.1) is 0 Å². The summed E-state index contributed by atoms with van der Waals surface area (Å²) in [6.45, 7) is 2.82. The summed E-state index contributed by atoms with van der Waals surface area (Å²) in [5, 5.41) is 0. The topological polar surface area (TPSA) is 0 Å². The fourth-order valence-electron chi connectivity index (χ4n) is 6.07. The molecule has 1 nitrogen and oxygen atoms in total. The van der Waals surface area contributed by atoms with E-state index in [9.17, 15) is 0 Å². The van der Waals surface area contributed by atoms with Crippen LogP contribution in [-0.4, -0.2) is 30.7 Å². The van der Waals surface area contributed by atoms with Crippen molar-refractivity contribution >= 4 is 11.8 Å². The number of quaternary nitrogens is 1. The summed E-state index contributed by atoms with van der Waals surface area (Å²) in [6.07, 6.45) is 8.53. The van der Waals surface area contributed by atoms with E-state index in [-0.39, 0.29) is 24.0 Å². The fraction of sp³-hybridized carbons (Fsp3) is 0.500. The average Bonchev–Trinajstić information content (AvgIpc) is 2.67. The van der Waals surface area contributed by atoms with Gasteiger partial charge in [-0.2, -0.15) is 0 Å². The molecule has 3 atom stereocenters. The zero-order chi connectivity index (χ0) is 17.6. The SMILES string of the molecule is C[N+]12CCCC[C@@H]1[C@H](CC1c3ccccc3Sc3ccccc31)CCC2.[I-]. The summed E-state index contributed by atoms with van der Waals surface area (Å²) in [5.74, 6) is 1.46. The number of benzene rings is 2. The predicted octanol–water partition coefficient (Wildman–Crippen LogP) is 3.09. The van der Waals surface area contributed by atoms with Crippen LogP contribution in [0.15, 0.2) is 58.3 Å². The van der Waals surface area contributed by atoms with E-state index in [0.717, 1.165) is 12.0 Å². The van der Waals surface area contributed by atoms with E-state index in [1.165, 1.54) is 65.9 Å². The molecule has 0 bridgehead atoms. The van der Waals surface area contributed by atoms with Crippen molar-refractivity contribution in [2.75, 3.05) is 20.1 Å². The maximum absolute atomic E-state index is 2.55. The lowest BCUT2D eigenvalue weighted by Crippen LogP contribution is -3.00. The lowest BCUT2D eigenvalue weighted by atomic mass is 9.74. The molecule has 0 amide bonds. The maximum Gasteiger partial charge on any atom is 0.0917 e. The van der Waals surface area contributed by atoms with Gasteiger partial charge in [0, 0.05) is 21.6 Å². The van der Waals surface area contributed by atoms with Crippen molar-refractivity contribution in [3.63, 3.8) is 0 Å². The number of halogens is 1. The Labute approximate surface area is 185 Å². The molecule has 27 heavy (non-hydrogen) atoms. The molecule has 2 aromatic carbocycles. The van der Waals surface area contributed by atoms with Gasteiger partial charge in [-0.3, -0.25) is 0 Å². The van der Waals surface area contributed by atoms with Crippen molar-refractivity contribution in [1.29, 1.82) is 0 Å². The first-order valence-corrected chi connectivity index (χ1v) is 11.3. The van der Waals surface area contributed by atoms with Gasteiger partial charge in [0.1, 0.15) is 0 Å². The standard InChI is InChI=1S/C24H30NS.HI/c1-25-15-7-6-12-22(25)18(9-8-16-25)17-21-19-10-2-4-13-23(19)26-24-14-5-3-11-20(21)24;/h2-5,10-11,13-14,18,21-22H,6-9,12,15-17H2,1H3;1H/q+1;/p-1/t18-,22+,25?;/m0./s1. The van der Waals surface area contributed by atoms with Gasteiger partial charge in [-0.25, -0.2) is 0 Å². The van der Waals surface area contributed by atoms with Gasteiger partial charge in [0.05, 0.1) is 26.2 Å². The minimum Gasteiger partial charge on any atom is -1.00 e. The van der Waals surface area contributed by atoms with Crippen molar-refractivity contribution in [3.8, 4) is 0 Å². The van der Waals surface area contributed by atoms with Crippen LogP contribution < -0.4 is 24.0 Å². The number of fused-ring (bicyclic) bond motifs is 3. The molecule has 3 aliphatic rings. The lowest BCUT2D eigenvalue weighted by molar-refractivity contribution is -0.947. The summed E-state index contributed by atoms with van der Waals surface area (Å²) in [4.78, 5) is 2.96. The summed E-state index contributed by atoms with van der Waals surface area (Å²) in [5.41, 5.74) is 3.15. The highest BCUT2D eigenvalue weighted by atomic mass is 127. The Morgan fingerprint density at radius 3 is 2.19 bits per heavy atom. The third-order valence-electron chi connectivity index (χ3n) is 7.35. The molecule has 3 heteroatoms. The molecule has 2 aromatic rings. The maximum atomic E-state index is 2.55. The van der Waals surface area contributed by atoms with Crippen LogP contribution in [0.5, 0.6) is 0 Å². The molecular formula is C24H30INS. The van der Waals surface area contributed by atoms with E-state index in [0.29, 0.717) is 5.92 Å². The number of piperidine rings is 2. The third kappa shape index (κ3) is 3.60. The van der Waals surface area contributed by atoms with Crippen LogP contribution in [0.4, 0.5) is 0 Å². The van der Waals surface area contributed by atoms with Gasteiger partial charge < -0.3 is 28.5 Å². The van der Waals surface area contributed by atoms with Gasteiger partial charge in [0.15, 0.2) is 0 Å². The fourth-order valence-corrected chi connectivity index (χ4v) is 7.26. The second-order valence-corrected chi connectivity index (χ2v) is 9.94. The zero-order valence-electron chi connectivity index (χ0n) is 16.2. The van der Waals surface area contributed by atoms with Crippen LogP contribution in [0.1, 0.15) is 55.6 Å². The van der Waals surface area contributed by atoms with Crippen molar-refractivity contribution < 1.29 is 28.5 Å². The Morgan fingerprint density at radius 1 is 0.852 bits per heavy atom. The molecular weight excluding hydrogens is 461 g/mol. The number of hydrogen-bond donors (Lipinski definition) is 0. The first kappa shape index (κ1) is 19.8. The largest absolute Gasteiger partial charge is 1.00 e. The first-order valence-electron chi connectivity index (χ1n) is 10.4. The van der Waals surface area contributed by atoms with E-state index >= 15 is 0 Å². The van der Waals surface area contributed by atoms with Crippen molar-refractivity contribution in [3.05, 3.63) is 59.7 Å². The molecule has 2 saturated heterocycles. The normalized spacial score (nSPS) is 29.8. The summed E-state index contributed by atoms with van der Waals surface area (Å²) in [7, 11) is 2.55. The molecule has 0 saturated carbocycles. The van der Waals surface area contributed by atoms with Gasteiger partial charge in [0.2, 0.25) is 0 Å². The number of nitrogens with zero attached hydrogens (tertiary/aromatic N) is 1. The minimum atomic E-state index is 0. The second kappa shape index (κ2) is 8.08. The Bertz CT molecular complexity index is 757. The highest BCUT2D eigenvalue weighted by molar-refractivity contribution is 7.99. The summed E-state index contributed by atoms with van der Waals surface area (Å²) < 4.78 is 1.36. The Morgan fingerprint density at radius 2 is 1.48 bits per heavy atom. The van der Waals surface area contributed by atoms with Gasteiger partial charge in [-0.05, 0) is 61.8 Å². The molecule has 1 unspecified atom stereocenters. The van der Waals surface area contributed by atoms with E-state index in [4.69, 9.17) is 0 Å². The van der Waals surface area contributed by atoms with E-state index < -0.39 is 0 Å². The molecule has 0 radical (unpaired) electrons. The van der Waals surface area contributed by atoms with Gasteiger partial charge in [-0.1, -0.05) is 48.2 Å². The highest BCUT2D eigenvalue weighted by Crippen LogP contribution is 2.50. The molecule has 0 aromatic heterocycles. The Kier molecular flexibility index (Phi) is 5.92. The Hall–Kier alpha value is -0.520. The van der Waals surface area contributed by atoms with Gasteiger partial charge >= 0.3 is 0 Å². The molecule has 0 N–H and O–H groups in total. The average molecular weight is 491 g/mol. The molecule has 3 heterocycles.